The summed E-state index contributed by atoms with van der Waals surface area (Å²) in [6.07, 6.45) is 0.546. The molecule has 0 saturated heterocycles. The molecule has 0 atom stereocenters. The van der Waals surface area contributed by atoms with Crippen molar-refractivity contribution in [1.29, 1.82) is 0 Å². The van der Waals surface area contributed by atoms with Gasteiger partial charge in [-0.05, 0) is 43.2 Å². The normalized spacial score (nSPS) is 10.7. The second-order valence-electron chi connectivity index (χ2n) is 6.24. The van der Waals surface area contributed by atoms with Gasteiger partial charge in [-0.2, -0.15) is 0 Å². The van der Waals surface area contributed by atoms with Gasteiger partial charge in [-0.25, -0.2) is 4.79 Å². The van der Waals surface area contributed by atoms with Gasteiger partial charge in [0.15, 0.2) is 6.61 Å². The van der Waals surface area contributed by atoms with Crippen LogP contribution in [0.1, 0.15) is 21.6 Å². The van der Waals surface area contributed by atoms with Crippen molar-refractivity contribution in [2.45, 2.75) is 13.3 Å². The van der Waals surface area contributed by atoms with Gasteiger partial charge in [-0.3, -0.25) is 9.78 Å². The molecule has 1 aromatic heterocycles. The molecule has 3 rings (SSSR count). The number of rotatable bonds is 6. The monoisotopic (exact) mass is 416 g/mol. The molecule has 144 valence electrons. The van der Waals surface area contributed by atoms with E-state index in [0.717, 1.165) is 5.56 Å². The lowest BCUT2D eigenvalue weighted by molar-refractivity contribution is -0.124. The van der Waals surface area contributed by atoms with Crippen molar-refractivity contribution in [2.24, 2.45) is 0 Å². The second kappa shape index (κ2) is 9.04. The van der Waals surface area contributed by atoms with Crippen LogP contribution in [0.25, 0.3) is 10.9 Å². The lowest BCUT2D eigenvalue weighted by Crippen LogP contribution is -2.30. The number of fused-ring (bicyclic) bond motifs is 1. The zero-order valence-corrected chi connectivity index (χ0v) is 16.7. The van der Waals surface area contributed by atoms with Gasteiger partial charge in [0.1, 0.15) is 0 Å². The van der Waals surface area contributed by atoms with E-state index in [1.807, 2.05) is 24.3 Å². The minimum atomic E-state index is -0.558. The first-order valence-corrected chi connectivity index (χ1v) is 9.44. The highest BCUT2D eigenvalue weighted by Gasteiger charge is 2.15. The van der Waals surface area contributed by atoms with Gasteiger partial charge in [0.05, 0.1) is 11.1 Å². The molecule has 0 radical (unpaired) electrons. The minimum absolute atomic E-state index is 0.358. The van der Waals surface area contributed by atoms with Gasteiger partial charge in [0.2, 0.25) is 0 Å². The van der Waals surface area contributed by atoms with E-state index in [9.17, 15) is 9.59 Å². The third-order valence-corrected chi connectivity index (χ3v) is 4.72. The fraction of sp³-hybridized carbons (Fsp3) is 0.190. The summed E-state index contributed by atoms with van der Waals surface area (Å²) in [6, 6.07) is 14.2. The van der Waals surface area contributed by atoms with Crippen LogP contribution in [0.3, 0.4) is 0 Å². The Balaban J connectivity index is 1.54. The SMILES string of the molecule is Cc1cc(C(=O)OCC(=O)NCCc2ccc(Cl)cc2Cl)c2ccccc2n1. The third kappa shape index (κ3) is 5.00. The van der Waals surface area contributed by atoms with Gasteiger partial charge >= 0.3 is 5.97 Å². The number of para-hydroxylation sites is 1. The first-order chi connectivity index (χ1) is 13.4. The van der Waals surface area contributed by atoms with E-state index in [1.54, 1.807) is 31.2 Å². The van der Waals surface area contributed by atoms with Crippen LogP contribution < -0.4 is 5.32 Å². The first kappa shape index (κ1) is 20.1. The van der Waals surface area contributed by atoms with Crippen LogP contribution >= 0.6 is 23.2 Å². The van der Waals surface area contributed by atoms with Crippen molar-refractivity contribution >= 4 is 46.0 Å². The molecule has 0 unspecified atom stereocenters. The summed E-state index contributed by atoms with van der Waals surface area (Å²) in [5, 5.41) is 4.51. The highest BCUT2D eigenvalue weighted by molar-refractivity contribution is 6.35. The van der Waals surface area contributed by atoms with Gasteiger partial charge in [0.25, 0.3) is 5.91 Å². The molecule has 0 saturated carbocycles. The number of esters is 1. The van der Waals surface area contributed by atoms with Crippen LogP contribution in [0.5, 0.6) is 0 Å². The number of pyridine rings is 1. The van der Waals surface area contributed by atoms with Crippen LogP contribution in [-0.2, 0) is 16.0 Å². The Labute approximate surface area is 172 Å². The lowest BCUT2D eigenvalue weighted by Gasteiger charge is -2.09. The van der Waals surface area contributed by atoms with Gasteiger partial charge in [-0.15, -0.1) is 0 Å². The lowest BCUT2D eigenvalue weighted by atomic mass is 10.1. The molecule has 3 aromatic rings. The molecule has 0 aliphatic carbocycles. The summed E-state index contributed by atoms with van der Waals surface area (Å²) in [5.74, 6) is -0.939. The summed E-state index contributed by atoms with van der Waals surface area (Å²) < 4.78 is 5.17. The average molecular weight is 417 g/mol. The Morgan fingerprint density at radius 1 is 1.11 bits per heavy atom. The molecule has 0 spiro atoms. The number of carbonyl (C=O) groups is 2. The predicted octanol–water partition coefficient (Wildman–Crippen LogP) is 4.37. The zero-order valence-electron chi connectivity index (χ0n) is 15.2. The maximum atomic E-state index is 12.4. The number of ether oxygens (including phenoxy) is 1. The zero-order chi connectivity index (χ0) is 20.1. The number of aromatic nitrogens is 1. The van der Waals surface area contributed by atoms with Crippen molar-refractivity contribution in [2.75, 3.05) is 13.2 Å². The molecule has 5 nitrogen and oxygen atoms in total. The van der Waals surface area contributed by atoms with E-state index in [2.05, 4.69) is 10.3 Å². The summed E-state index contributed by atoms with van der Waals surface area (Å²) in [6.45, 7) is 1.82. The van der Waals surface area contributed by atoms with E-state index in [4.69, 9.17) is 27.9 Å². The molecule has 0 fully saturated rings. The number of nitrogens with zero attached hydrogens (tertiary/aromatic N) is 1. The van der Waals surface area contributed by atoms with Gasteiger partial charge in [0, 0.05) is 27.7 Å². The molecule has 1 amide bonds. The molecule has 0 aliphatic rings. The van der Waals surface area contributed by atoms with Crippen molar-refractivity contribution in [3.05, 3.63) is 75.4 Å². The molecule has 0 aliphatic heterocycles. The smallest absolute Gasteiger partial charge is 0.339 e. The Morgan fingerprint density at radius 3 is 2.68 bits per heavy atom. The number of aryl methyl sites for hydroxylation is 1. The molecule has 1 heterocycles. The van der Waals surface area contributed by atoms with Crippen molar-refractivity contribution in [3.8, 4) is 0 Å². The van der Waals surface area contributed by atoms with Gasteiger partial charge in [-0.1, -0.05) is 47.5 Å². The van der Waals surface area contributed by atoms with Crippen molar-refractivity contribution < 1.29 is 14.3 Å². The summed E-state index contributed by atoms with van der Waals surface area (Å²) in [5.41, 5.74) is 2.68. The number of halogens is 2. The molecule has 1 N–H and O–H groups in total. The van der Waals surface area contributed by atoms with E-state index in [0.29, 0.717) is 45.2 Å². The fourth-order valence-corrected chi connectivity index (χ4v) is 3.30. The highest BCUT2D eigenvalue weighted by atomic mass is 35.5. The summed E-state index contributed by atoms with van der Waals surface area (Å²) >= 11 is 12.0. The molecule has 2 aromatic carbocycles. The van der Waals surface area contributed by atoms with Crippen LogP contribution in [0.2, 0.25) is 10.0 Å². The Bertz CT molecular complexity index is 1040. The maximum absolute atomic E-state index is 12.4. The molecule has 7 heteroatoms. The quantitative estimate of drug-likeness (QED) is 0.605. The number of benzene rings is 2. The molecular weight excluding hydrogens is 399 g/mol. The van der Waals surface area contributed by atoms with Crippen molar-refractivity contribution in [3.63, 3.8) is 0 Å². The Hall–Kier alpha value is -2.63. The average Bonchev–Trinajstić information content (AvgIpc) is 2.67. The van der Waals surface area contributed by atoms with E-state index in [-0.39, 0.29) is 12.5 Å². The van der Waals surface area contributed by atoms with Crippen molar-refractivity contribution in [1.82, 2.24) is 10.3 Å². The summed E-state index contributed by atoms with van der Waals surface area (Å²) in [4.78, 5) is 28.8. The standard InChI is InChI=1S/C21H18Cl2N2O3/c1-13-10-17(16-4-2-3-5-19(16)25-13)21(27)28-12-20(26)24-9-8-14-6-7-15(22)11-18(14)23/h2-7,10-11H,8-9,12H2,1H3,(H,24,26). The number of hydrogen-bond donors (Lipinski definition) is 1. The number of carbonyl (C=O) groups excluding carboxylic acids is 2. The Kier molecular flexibility index (Phi) is 6.49. The fourth-order valence-electron chi connectivity index (χ4n) is 2.80. The predicted molar refractivity (Wildman–Crippen MR) is 110 cm³/mol. The number of amides is 1. The minimum Gasteiger partial charge on any atom is -0.452 e. The molecule has 0 bridgehead atoms. The van der Waals surface area contributed by atoms with Gasteiger partial charge < -0.3 is 10.1 Å². The first-order valence-electron chi connectivity index (χ1n) is 8.68. The van der Waals surface area contributed by atoms with Crippen LogP contribution in [0.15, 0.2) is 48.5 Å². The van der Waals surface area contributed by atoms with E-state index in [1.165, 1.54) is 0 Å². The number of hydrogen-bond acceptors (Lipinski definition) is 4. The van der Waals surface area contributed by atoms with Crippen LogP contribution in [0.4, 0.5) is 0 Å². The maximum Gasteiger partial charge on any atom is 0.339 e. The van der Waals surface area contributed by atoms with E-state index >= 15 is 0 Å². The third-order valence-electron chi connectivity index (χ3n) is 4.13. The summed E-state index contributed by atoms with van der Waals surface area (Å²) in [7, 11) is 0. The molecule has 28 heavy (non-hydrogen) atoms. The largest absolute Gasteiger partial charge is 0.452 e. The topological polar surface area (TPSA) is 68.3 Å². The number of nitrogens with one attached hydrogen (secondary N) is 1. The van der Waals surface area contributed by atoms with Crippen LogP contribution in [0, 0.1) is 6.92 Å². The van der Waals surface area contributed by atoms with E-state index < -0.39 is 5.97 Å². The second-order valence-corrected chi connectivity index (χ2v) is 7.08. The Morgan fingerprint density at radius 2 is 1.89 bits per heavy atom. The molecular formula is C21H18Cl2N2O3. The van der Waals surface area contributed by atoms with Crippen LogP contribution in [-0.4, -0.2) is 30.0 Å². The highest BCUT2D eigenvalue weighted by Crippen LogP contribution is 2.21.